The molecular formula is C24H27FN4O3. The summed E-state index contributed by atoms with van der Waals surface area (Å²) >= 11 is 0. The standard InChI is InChI=1S/C24H27FN4O3/c1-15(2)32-20-11-8-16(13-21(20)31-3)24(30)26-17-9-10-19(25)18(14-17)23-28-27-22-7-5-4-6-12-29(22)23/h8-11,13-15H,4-7,12H2,1-3H3,(H,26,30). The van der Waals surface area contributed by atoms with Crippen molar-refractivity contribution in [3.05, 3.63) is 53.6 Å². The second-order valence-corrected chi connectivity index (χ2v) is 8.08. The van der Waals surface area contributed by atoms with Crippen LogP contribution in [-0.4, -0.2) is 33.9 Å². The van der Waals surface area contributed by atoms with E-state index in [1.54, 1.807) is 24.3 Å². The lowest BCUT2D eigenvalue weighted by molar-refractivity contribution is 0.102. The zero-order valence-electron chi connectivity index (χ0n) is 18.5. The number of carbonyl (C=O) groups excluding carboxylic acids is 1. The average Bonchev–Trinajstić information content (AvgIpc) is 3.02. The zero-order valence-corrected chi connectivity index (χ0v) is 18.5. The third kappa shape index (κ3) is 4.59. The number of hydrogen-bond acceptors (Lipinski definition) is 5. The fraction of sp³-hybridized carbons (Fsp3) is 0.375. The summed E-state index contributed by atoms with van der Waals surface area (Å²) in [4.78, 5) is 12.8. The Bertz CT molecular complexity index is 1130. The van der Waals surface area contributed by atoms with Crippen molar-refractivity contribution < 1.29 is 18.7 Å². The minimum atomic E-state index is -0.403. The Morgan fingerprint density at radius 2 is 1.94 bits per heavy atom. The van der Waals surface area contributed by atoms with Crippen LogP contribution in [0.15, 0.2) is 36.4 Å². The number of ether oxygens (including phenoxy) is 2. The molecule has 4 rings (SSSR count). The number of nitrogens with zero attached hydrogens (tertiary/aromatic N) is 3. The first-order chi connectivity index (χ1) is 15.5. The van der Waals surface area contributed by atoms with Gasteiger partial charge in [0.2, 0.25) is 0 Å². The summed E-state index contributed by atoms with van der Waals surface area (Å²) < 4.78 is 27.7. The molecule has 8 heteroatoms. The molecule has 3 aromatic rings. The second-order valence-electron chi connectivity index (χ2n) is 8.08. The molecule has 0 aliphatic carbocycles. The largest absolute Gasteiger partial charge is 0.493 e. The Morgan fingerprint density at radius 3 is 2.72 bits per heavy atom. The Morgan fingerprint density at radius 1 is 1.09 bits per heavy atom. The minimum Gasteiger partial charge on any atom is -0.493 e. The van der Waals surface area contributed by atoms with Crippen LogP contribution < -0.4 is 14.8 Å². The highest BCUT2D eigenvalue weighted by molar-refractivity contribution is 6.04. The van der Waals surface area contributed by atoms with Crippen LogP contribution >= 0.6 is 0 Å². The van der Waals surface area contributed by atoms with E-state index in [9.17, 15) is 9.18 Å². The highest BCUT2D eigenvalue weighted by Gasteiger charge is 2.20. The summed E-state index contributed by atoms with van der Waals surface area (Å²) in [6.45, 7) is 4.60. The predicted molar refractivity (Wildman–Crippen MR) is 120 cm³/mol. The number of rotatable bonds is 6. The molecule has 1 aromatic heterocycles. The van der Waals surface area contributed by atoms with Gasteiger partial charge in [-0.1, -0.05) is 6.42 Å². The fourth-order valence-corrected chi connectivity index (χ4v) is 3.82. The number of anilines is 1. The van der Waals surface area contributed by atoms with Gasteiger partial charge < -0.3 is 19.4 Å². The Balaban J connectivity index is 1.58. The SMILES string of the molecule is COc1cc(C(=O)Nc2ccc(F)c(-c3nnc4n3CCCCC4)c2)ccc1OC(C)C. The van der Waals surface area contributed by atoms with E-state index in [1.807, 2.05) is 18.4 Å². The van der Waals surface area contributed by atoms with Gasteiger partial charge in [-0.2, -0.15) is 0 Å². The molecule has 168 valence electrons. The van der Waals surface area contributed by atoms with E-state index in [2.05, 4.69) is 15.5 Å². The lowest BCUT2D eigenvalue weighted by Gasteiger charge is -2.15. The second kappa shape index (κ2) is 9.38. The molecule has 2 heterocycles. The third-order valence-corrected chi connectivity index (χ3v) is 5.36. The first kappa shape index (κ1) is 21.8. The van der Waals surface area contributed by atoms with Crippen LogP contribution in [-0.2, 0) is 13.0 Å². The molecule has 0 bridgehead atoms. The quantitative estimate of drug-likeness (QED) is 0.595. The van der Waals surface area contributed by atoms with Crippen LogP contribution in [0.5, 0.6) is 11.5 Å². The lowest BCUT2D eigenvalue weighted by atomic mass is 10.1. The number of amides is 1. The summed E-state index contributed by atoms with van der Waals surface area (Å²) in [5, 5.41) is 11.3. The molecule has 2 aromatic carbocycles. The number of fused-ring (bicyclic) bond motifs is 1. The molecule has 0 atom stereocenters. The minimum absolute atomic E-state index is 0.0200. The third-order valence-electron chi connectivity index (χ3n) is 5.36. The monoisotopic (exact) mass is 438 g/mol. The van der Waals surface area contributed by atoms with E-state index in [-0.39, 0.29) is 12.0 Å². The molecule has 7 nitrogen and oxygen atoms in total. The molecule has 0 saturated heterocycles. The van der Waals surface area contributed by atoms with Crippen LogP contribution in [0.25, 0.3) is 11.4 Å². The smallest absolute Gasteiger partial charge is 0.255 e. The van der Waals surface area contributed by atoms with Gasteiger partial charge in [0, 0.05) is 24.2 Å². The van der Waals surface area contributed by atoms with Gasteiger partial charge in [0.1, 0.15) is 11.6 Å². The summed E-state index contributed by atoms with van der Waals surface area (Å²) in [5.41, 5.74) is 1.20. The first-order valence-electron chi connectivity index (χ1n) is 10.8. The van der Waals surface area contributed by atoms with Crippen molar-refractivity contribution in [3.8, 4) is 22.9 Å². The van der Waals surface area contributed by atoms with Crippen molar-refractivity contribution >= 4 is 11.6 Å². The van der Waals surface area contributed by atoms with E-state index in [0.717, 1.165) is 38.1 Å². The number of aromatic nitrogens is 3. The number of methoxy groups -OCH3 is 1. The van der Waals surface area contributed by atoms with Crippen molar-refractivity contribution in [1.82, 2.24) is 14.8 Å². The maximum atomic E-state index is 14.7. The molecule has 1 N–H and O–H groups in total. The van der Waals surface area contributed by atoms with Gasteiger partial charge in [0.05, 0.1) is 18.8 Å². The predicted octanol–water partition coefficient (Wildman–Crippen LogP) is 4.86. The van der Waals surface area contributed by atoms with E-state index in [1.165, 1.54) is 19.2 Å². The van der Waals surface area contributed by atoms with Crippen molar-refractivity contribution in [2.24, 2.45) is 0 Å². The van der Waals surface area contributed by atoms with E-state index in [4.69, 9.17) is 9.47 Å². The molecule has 0 unspecified atom stereocenters. The Labute approximate surface area is 186 Å². The van der Waals surface area contributed by atoms with Crippen molar-refractivity contribution in [2.45, 2.75) is 52.2 Å². The number of aryl methyl sites for hydroxylation is 1. The molecule has 1 aliphatic heterocycles. The maximum absolute atomic E-state index is 14.7. The molecule has 32 heavy (non-hydrogen) atoms. The summed E-state index contributed by atoms with van der Waals surface area (Å²) in [5.74, 6) is 1.67. The first-order valence-corrected chi connectivity index (χ1v) is 10.8. The van der Waals surface area contributed by atoms with E-state index < -0.39 is 5.82 Å². The van der Waals surface area contributed by atoms with Gasteiger partial charge >= 0.3 is 0 Å². The molecule has 1 aliphatic rings. The average molecular weight is 439 g/mol. The van der Waals surface area contributed by atoms with Crippen LogP contribution in [0.4, 0.5) is 10.1 Å². The molecule has 0 spiro atoms. The zero-order chi connectivity index (χ0) is 22.7. The van der Waals surface area contributed by atoms with Gasteiger partial charge in [0.25, 0.3) is 5.91 Å². The highest BCUT2D eigenvalue weighted by atomic mass is 19.1. The summed E-state index contributed by atoms with van der Waals surface area (Å²) in [7, 11) is 1.53. The Hall–Kier alpha value is -3.42. The molecular weight excluding hydrogens is 411 g/mol. The maximum Gasteiger partial charge on any atom is 0.255 e. The molecule has 0 saturated carbocycles. The lowest BCUT2D eigenvalue weighted by Crippen LogP contribution is -2.13. The molecule has 0 radical (unpaired) electrons. The van der Waals surface area contributed by atoms with Crippen LogP contribution in [0.1, 0.15) is 49.3 Å². The van der Waals surface area contributed by atoms with Crippen molar-refractivity contribution in [2.75, 3.05) is 12.4 Å². The van der Waals surface area contributed by atoms with Gasteiger partial charge in [-0.25, -0.2) is 4.39 Å². The van der Waals surface area contributed by atoms with Crippen LogP contribution in [0.3, 0.4) is 0 Å². The Kier molecular flexibility index (Phi) is 6.39. The van der Waals surface area contributed by atoms with Gasteiger partial charge in [-0.3, -0.25) is 4.79 Å². The summed E-state index contributed by atoms with van der Waals surface area (Å²) in [6.07, 6.45) is 4.00. The number of halogens is 1. The number of benzene rings is 2. The highest BCUT2D eigenvalue weighted by Crippen LogP contribution is 2.30. The normalized spacial score (nSPS) is 13.4. The topological polar surface area (TPSA) is 78.3 Å². The van der Waals surface area contributed by atoms with Crippen molar-refractivity contribution in [1.29, 1.82) is 0 Å². The number of nitrogens with one attached hydrogen (secondary N) is 1. The molecule has 1 amide bonds. The van der Waals surface area contributed by atoms with E-state index in [0.29, 0.717) is 34.1 Å². The van der Waals surface area contributed by atoms with Crippen LogP contribution in [0, 0.1) is 5.82 Å². The van der Waals surface area contributed by atoms with Gasteiger partial charge in [-0.05, 0) is 63.1 Å². The fourth-order valence-electron chi connectivity index (χ4n) is 3.82. The number of carbonyl (C=O) groups is 1. The molecule has 0 fully saturated rings. The van der Waals surface area contributed by atoms with E-state index >= 15 is 0 Å². The van der Waals surface area contributed by atoms with Gasteiger partial charge in [-0.15, -0.1) is 10.2 Å². The van der Waals surface area contributed by atoms with Gasteiger partial charge in [0.15, 0.2) is 17.3 Å². The van der Waals surface area contributed by atoms with Crippen LogP contribution in [0.2, 0.25) is 0 Å². The van der Waals surface area contributed by atoms with Crippen molar-refractivity contribution in [3.63, 3.8) is 0 Å². The number of hydrogen-bond donors (Lipinski definition) is 1. The summed E-state index contributed by atoms with van der Waals surface area (Å²) in [6, 6.07) is 9.46.